The Morgan fingerprint density at radius 3 is 2.44 bits per heavy atom. The lowest BCUT2D eigenvalue weighted by molar-refractivity contribution is 0.370. The molecule has 0 aromatic heterocycles. The van der Waals surface area contributed by atoms with Gasteiger partial charge < -0.3 is 4.74 Å². The summed E-state index contributed by atoms with van der Waals surface area (Å²) in [5, 5.41) is 0. The number of epoxide rings is 1. The number of ether oxygens (including phenoxy) is 1. The molecule has 0 amide bonds. The molecule has 3 rings (SSSR count). The number of hydrogen-bond acceptors (Lipinski definition) is 1. The Kier molecular flexibility index (Phi) is 3.79. The molecular formula is C15H20O. The molecule has 0 spiro atoms. The highest BCUT2D eigenvalue weighted by Gasteiger charge is 2.42. The fourth-order valence-corrected chi connectivity index (χ4v) is 2.18. The van der Waals surface area contributed by atoms with Crippen molar-refractivity contribution in [1.82, 2.24) is 0 Å². The standard InChI is InChI=1S/C8H12O.C7H8/c1-2-6-3-4-7-8(5-6)9-7;1-7-5-3-2-4-6-7/h2,6-8H,1,3-5H2;2-6H,1H3. The molecule has 1 aliphatic carbocycles. The van der Waals surface area contributed by atoms with Gasteiger partial charge in [-0.05, 0) is 32.1 Å². The van der Waals surface area contributed by atoms with Gasteiger partial charge in [0.05, 0.1) is 12.2 Å². The molecule has 1 aromatic carbocycles. The third-order valence-corrected chi connectivity index (χ3v) is 3.32. The van der Waals surface area contributed by atoms with Gasteiger partial charge in [-0.3, -0.25) is 0 Å². The zero-order valence-corrected chi connectivity index (χ0v) is 9.93. The van der Waals surface area contributed by atoms with Gasteiger partial charge in [-0.15, -0.1) is 6.58 Å². The second-order valence-electron chi connectivity index (χ2n) is 4.68. The third kappa shape index (κ3) is 3.21. The van der Waals surface area contributed by atoms with Gasteiger partial charge in [-0.1, -0.05) is 42.0 Å². The van der Waals surface area contributed by atoms with E-state index in [0.29, 0.717) is 12.2 Å². The number of benzene rings is 1. The minimum absolute atomic E-state index is 0.613. The Balaban J connectivity index is 0.000000125. The molecule has 16 heavy (non-hydrogen) atoms. The fraction of sp³-hybridized carbons (Fsp3) is 0.467. The first-order chi connectivity index (χ1) is 7.79. The van der Waals surface area contributed by atoms with Gasteiger partial charge in [0.2, 0.25) is 0 Å². The van der Waals surface area contributed by atoms with Crippen molar-refractivity contribution >= 4 is 0 Å². The minimum atomic E-state index is 0.613. The van der Waals surface area contributed by atoms with Gasteiger partial charge in [-0.25, -0.2) is 0 Å². The number of fused-ring (bicyclic) bond motifs is 1. The predicted octanol–water partition coefficient (Wildman–Crippen LogP) is 3.73. The van der Waals surface area contributed by atoms with E-state index in [-0.39, 0.29) is 0 Å². The van der Waals surface area contributed by atoms with Crippen molar-refractivity contribution in [2.75, 3.05) is 0 Å². The highest BCUT2D eigenvalue weighted by Crippen LogP contribution is 2.39. The summed E-state index contributed by atoms with van der Waals surface area (Å²) in [5.41, 5.74) is 1.32. The molecular weight excluding hydrogens is 196 g/mol. The molecule has 3 unspecified atom stereocenters. The van der Waals surface area contributed by atoms with Gasteiger partial charge in [0.15, 0.2) is 0 Å². The van der Waals surface area contributed by atoms with Gasteiger partial charge in [0.25, 0.3) is 0 Å². The van der Waals surface area contributed by atoms with E-state index in [1.807, 2.05) is 18.2 Å². The number of rotatable bonds is 1. The zero-order chi connectivity index (χ0) is 11.4. The first-order valence-corrected chi connectivity index (χ1v) is 6.09. The smallest absolute Gasteiger partial charge is 0.0847 e. The van der Waals surface area contributed by atoms with E-state index >= 15 is 0 Å². The maximum atomic E-state index is 5.36. The molecule has 1 heterocycles. The number of allylic oxidation sites excluding steroid dienone is 1. The molecule has 0 bridgehead atoms. The van der Waals surface area contributed by atoms with Crippen molar-refractivity contribution in [3.63, 3.8) is 0 Å². The van der Waals surface area contributed by atoms with Gasteiger partial charge in [0, 0.05) is 0 Å². The summed E-state index contributed by atoms with van der Waals surface area (Å²) in [6.07, 6.45) is 7.11. The van der Waals surface area contributed by atoms with E-state index in [9.17, 15) is 0 Å². The Hall–Kier alpha value is -1.08. The molecule has 1 saturated heterocycles. The lowest BCUT2D eigenvalue weighted by Crippen LogP contribution is -2.10. The Morgan fingerprint density at radius 2 is 1.94 bits per heavy atom. The highest BCUT2D eigenvalue weighted by atomic mass is 16.6. The van der Waals surface area contributed by atoms with E-state index in [1.165, 1.54) is 24.8 Å². The van der Waals surface area contributed by atoms with Crippen molar-refractivity contribution in [3.8, 4) is 0 Å². The van der Waals surface area contributed by atoms with Crippen LogP contribution in [0.15, 0.2) is 43.0 Å². The topological polar surface area (TPSA) is 12.5 Å². The van der Waals surface area contributed by atoms with E-state index < -0.39 is 0 Å². The zero-order valence-electron chi connectivity index (χ0n) is 9.93. The van der Waals surface area contributed by atoms with Crippen molar-refractivity contribution < 1.29 is 4.74 Å². The summed E-state index contributed by atoms with van der Waals surface area (Å²) < 4.78 is 5.36. The van der Waals surface area contributed by atoms with Gasteiger partial charge in [-0.2, -0.15) is 0 Å². The summed E-state index contributed by atoms with van der Waals surface area (Å²) >= 11 is 0. The Bertz CT molecular complexity index is 331. The van der Waals surface area contributed by atoms with Crippen molar-refractivity contribution in [3.05, 3.63) is 48.6 Å². The first kappa shape index (κ1) is 11.4. The summed E-state index contributed by atoms with van der Waals surface area (Å²) in [4.78, 5) is 0. The van der Waals surface area contributed by atoms with Crippen molar-refractivity contribution in [2.45, 2.75) is 38.4 Å². The molecule has 2 aliphatic rings. The van der Waals surface area contributed by atoms with Crippen LogP contribution in [0, 0.1) is 12.8 Å². The van der Waals surface area contributed by atoms with Crippen LogP contribution in [-0.4, -0.2) is 12.2 Å². The molecule has 86 valence electrons. The predicted molar refractivity (Wildman–Crippen MR) is 67.4 cm³/mol. The first-order valence-electron chi connectivity index (χ1n) is 6.09. The van der Waals surface area contributed by atoms with Crippen LogP contribution < -0.4 is 0 Å². The van der Waals surface area contributed by atoms with Crippen LogP contribution in [0.5, 0.6) is 0 Å². The summed E-state index contributed by atoms with van der Waals surface area (Å²) in [6, 6.07) is 10.3. The lowest BCUT2D eigenvalue weighted by atomic mass is 9.90. The minimum Gasteiger partial charge on any atom is -0.370 e. The van der Waals surface area contributed by atoms with Crippen LogP contribution >= 0.6 is 0 Å². The molecule has 3 atom stereocenters. The molecule has 0 radical (unpaired) electrons. The van der Waals surface area contributed by atoms with E-state index in [4.69, 9.17) is 4.74 Å². The van der Waals surface area contributed by atoms with Crippen molar-refractivity contribution in [1.29, 1.82) is 0 Å². The van der Waals surface area contributed by atoms with Crippen LogP contribution in [0.25, 0.3) is 0 Å². The van der Waals surface area contributed by atoms with E-state index in [0.717, 1.165) is 5.92 Å². The quantitative estimate of drug-likeness (QED) is 0.514. The highest BCUT2D eigenvalue weighted by molar-refractivity contribution is 5.11. The molecule has 1 aliphatic heterocycles. The van der Waals surface area contributed by atoms with Crippen molar-refractivity contribution in [2.24, 2.45) is 5.92 Å². The van der Waals surface area contributed by atoms with E-state index in [2.05, 4.69) is 31.7 Å². The van der Waals surface area contributed by atoms with Gasteiger partial charge >= 0.3 is 0 Å². The normalized spacial score (nSPS) is 30.7. The molecule has 1 saturated carbocycles. The average molecular weight is 216 g/mol. The van der Waals surface area contributed by atoms with Crippen LogP contribution in [0.4, 0.5) is 0 Å². The van der Waals surface area contributed by atoms with Crippen LogP contribution in [0.3, 0.4) is 0 Å². The Labute approximate surface area is 98.1 Å². The van der Waals surface area contributed by atoms with Crippen LogP contribution in [0.1, 0.15) is 24.8 Å². The summed E-state index contributed by atoms with van der Waals surface area (Å²) in [5.74, 6) is 0.744. The van der Waals surface area contributed by atoms with Crippen LogP contribution in [-0.2, 0) is 4.74 Å². The van der Waals surface area contributed by atoms with E-state index in [1.54, 1.807) is 0 Å². The largest absolute Gasteiger partial charge is 0.370 e. The fourth-order valence-electron chi connectivity index (χ4n) is 2.18. The number of aryl methyl sites for hydroxylation is 1. The molecule has 2 fully saturated rings. The molecule has 1 aromatic rings. The Morgan fingerprint density at radius 1 is 1.19 bits per heavy atom. The summed E-state index contributed by atoms with van der Waals surface area (Å²) in [6.45, 7) is 5.87. The maximum Gasteiger partial charge on any atom is 0.0847 e. The second-order valence-corrected chi connectivity index (χ2v) is 4.68. The second kappa shape index (κ2) is 5.31. The van der Waals surface area contributed by atoms with Crippen LogP contribution in [0.2, 0.25) is 0 Å². The summed E-state index contributed by atoms with van der Waals surface area (Å²) in [7, 11) is 0. The number of hydrogen-bond donors (Lipinski definition) is 0. The molecule has 1 heteroatoms. The monoisotopic (exact) mass is 216 g/mol. The average Bonchev–Trinajstić information content (AvgIpc) is 3.08. The third-order valence-electron chi connectivity index (χ3n) is 3.32. The molecule has 1 nitrogen and oxygen atoms in total. The lowest BCUT2D eigenvalue weighted by Gasteiger charge is -2.12. The van der Waals surface area contributed by atoms with Gasteiger partial charge in [0.1, 0.15) is 0 Å². The SMILES string of the molecule is C=CC1CCC2OC2C1.Cc1ccccc1. The maximum absolute atomic E-state index is 5.36. The molecule has 0 N–H and O–H groups in total.